The highest BCUT2D eigenvalue weighted by molar-refractivity contribution is 7.18. The number of nitrogens with zero attached hydrogens (tertiary/aromatic N) is 2. The number of hydrogen-bond donors (Lipinski definition) is 2. The minimum atomic E-state index is -1.17. The second-order valence-electron chi connectivity index (χ2n) is 5.51. The first kappa shape index (κ1) is 18.8. The number of aliphatic hydroxyl groups excluding tert-OH is 1. The first-order valence-electron chi connectivity index (χ1n) is 7.94. The number of amides is 1. The summed E-state index contributed by atoms with van der Waals surface area (Å²) in [5.41, 5.74) is 0.807. The predicted octanol–water partition coefficient (Wildman–Crippen LogP) is 1.44. The Morgan fingerprint density at radius 2 is 2.19 bits per heavy atom. The Hall–Kier alpha value is -2.98. The van der Waals surface area contributed by atoms with E-state index in [0.29, 0.717) is 5.75 Å². The number of carbonyl (C=O) groups excluding carboxylic acids is 2. The van der Waals surface area contributed by atoms with Crippen molar-refractivity contribution < 1.29 is 28.6 Å². The van der Waals surface area contributed by atoms with Gasteiger partial charge in [-0.25, -0.2) is 14.8 Å². The third kappa shape index (κ3) is 4.41. The average Bonchev–Trinajstić information content (AvgIpc) is 3.28. The van der Waals surface area contributed by atoms with Crippen LogP contribution < -0.4 is 10.1 Å². The van der Waals surface area contributed by atoms with E-state index in [0.717, 1.165) is 28.6 Å². The van der Waals surface area contributed by atoms with E-state index in [-0.39, 0.29) is 18.2 Å². The number of aromatic nitrogens is 2. The zero-order valence-corrected chi connectivity index (χ0v) is 15.4. The topological polar surface area (TPSA) is 124 Å². The summed E-state index contributed by atoms with van der Waals surface area (Å²) in [6, 6.07) is 4.38. The number of hydrogen-bond acceptors (Lipinski definition) is 9. The van der Waals surface area contributed by atoms with Crippen LogP contribution in [-0.4, -0.2) is 46.7 Å². The number of nitrogens with one attached hydrogen (secondary N) is 1. The first-order chi connectivity index (χ1) is 13.0. The second kappa shape index (κ2) is 8.14. The second-order valence-corrected chi connectivity index (χ2v) is 6.74. The molecule has 0 saturated carbocycles. The molecule has 2 N–H and O–H groups in total. The summed E-state index contributed by atoms with van der Waals surface area (Å²) < 4.78 is 16.4. The highest BCUT2D eigenvalue weighted by Gasteiger charge is 2.23. The quantitative estimate of drug-likeness (QED) is 0.580. The van der Waals surface area contributed by atoms with Crippen LogP contribution in [0.25, 0.3) is 10.2 Å². The Kier molecular flexibility index (Phi) is 5.67. The normalized spacial score (nSPS) is 12.0. The fraction of sp³-hybridized carbons (Fsp3) is 0.294. The summed E-state index contributed by atoms with van der Waals surface area (Å²) >= 11 is 1.60. The maximum Gasteiger partial charge on any atom is 0.330 e. The minimum absolute atomic E-state index is 0.0162. The highest BCUT2D eigenvalue weighted by atomic mass is 32.1. The molecule has 0 aliphatic heterocycles. The van der Waals surface area contributed by atoms with Crippen LogP contribution in [0.4, 0.5) is 0 Å². The van der Waals surface area contributed by atoms with Gasteiger partial charge in [-0.1, -0.05) is 0 Å². The van der Waals surface area contributed by atoms with Gasteiger partial charge in [-0.2, -0.15) is 0 Å². The van der Waals surface area contributed by atoms with Gasteiger partial charge in [0.2, 0.25) is 5.89 Å². The summed E-state index contributed by atoms with van der Waals surface area (Å²) in [5, 5.41) is 12.4. The van der Waals surface area contributed by atoms with Crippen LogP contribution in [0.2, 0.25) is 0 Å². The monoisotopic (exact) mass is 391 g/mol. The van der Waals surface area contributed by atoms with Crippen LogP contribution in [0.3, 0.4) is 0 Å². The van der Waals surface area contributed by atoms with E-state index in [9.17, 15) is 9.59 Å². The van der Waals surface area contributed by atoms with Gasteiger partial charge < -0.3 is 24.3 Å². The molecular weight excluding hydrogens is 374 g/mol. The number of benzene rings is 1. The van der Waals surface area contributed by atoms with Gasteiger partial charge in [0.25, 0.3) is 5.91 Å². The Morgan fingerprint density at radius 1 is 1.37 bits per heavy atom. The van der Waals surface area contributed by atoms with Crippen LogP contribution in [-0.2, 0) is 16.1 Å². The molecule has 10 heteroatoms. The van der Waals surface area contributed by atoms with Gasteiger partial charge in [0, 0.05) is 6.07 Å². The molecule has 0 saturated heterocycles. The molecule has 27 heavy (non-hydrogen) atoms. The summed E-state index contributed by atoms with van der Waals surface area (Å²) in [7, 11) is 1.16. The molecule has 1 amide bonds. The van der Waals surface area contributed by atoms with Crippen LogP contribution >= 0.6 is 11.3 Å². The van der Waals surface area contributed by atoms with Crippen molar-refractivity contribution in [1.82, 2.24) is 15.3 Å². The van der Waals surface area contributed by atoms with E-state index in [1.807, 2.05) is 25.1 Å². The molecule has 2 heterocycles. The van der Waals surface area contributed by atoms with Gasteiger partial charge in [0.05, 0.1) is 28.9 Å². The number of aliphatic hydroxyl groups is 1. The van der Waals surface area contributed by atoms with Crippen molar-refractivity contribution in [2.24, 2.45) is 0 Å². The fourth-order valence-electron chi connectivity index (χ4n) is 2.29. The van der Waals surface area contributed by atoms with Crippen LogP contribution in [0.1, 0.15) is 21.4 Å². The summed E-state index contributed by atoms with van der Waals surface area (Å²) in [5.74, 6) is -0.643. The largest absolute Gasteiger partial charge is 0.484 e. The number of esters is 1. The zero-order valence-electron chi connectivity index (χ0n) is 14.6. The lowest BCUT2D eigenvalue weighted by atomic mass is 10.3. The lowest BCUT2D eigenvalue weighted by Crippen LogP contribution is -2.44. The third-order valence-electron chi connectivity index (χ3n) is 3.59. The molecule has 1 atom stereocenters. The lowest BCUT2D eigenvalue weighted by molar-refractivity contribution is -0.143. The molecule has 2 aromatic heterocycles. The molecule has 3 aromatic rings. The number of aryl methyl sites for hydroxylation is 1. The van der Waals surface area contributed by atoms with Crippen molar-refractivity contribution in [3.63, 3.8) is 0 Å². The van der Waals surface area contributed by atoms with E-state index in [1.54, 1.807) is 11.3 Å². The summed E-state index contributed by atoms with van der Waals surface area (Å²) in [4.78, 5) is 31.9. The van der Waals surface area contributed by atoms with Crippen LogP contribution in [0, 0.1) is 6.92 Å². The van der Waals surface area contributed by atoms with Crippen molar-refractivity contribution in [1.29, 1.82) is 0 Å². The maximum atomic E-state index is 12.1. The third-order valence-corrected chi connectivity index (χ3v) is 4.54. The summed E-state index contributed by atoms with van der Waals surface area (Å²) in [6.45, 7) is 1.36. The molecule has 0 aliphatic rings. The van der Waals surface area contributed by atoms with Crippen LogP contribution in [0.15, 0.2) is 28.9 Å². The van der Waals surface area contributed by atoms with Gasteiger partial charge in [0.1, 0.15) is 12.0 Å². The molecule has 3 rings (SSSR count). The summed E-state index contributed by atoms with van der Waals surface area (Å²) in [6.07, 6.45) is 1.15. The highest BCUT2D eigenvalue weighted by Crippen LogP contribution is 2.25. The molecule has 1 aromatic carbocycles. The van der Waals surface area contributed by atoms with Gasteiger partial charge >= 0.3 is 5.97 Å². The van der Waals surface area contributed by atoms with E-state index in [1.165, 1.54) is 0 Å². The van der Waals surface area contributed by atoms with Gasteiger partial charge in [-0.3, -0.25) is 4.79 Å². The molecule has 0 radical (unpaired) electrons. The van der Waals surface area contributed by atoms with Crippen molar-refractivity contribution in [2.45, 2.75) is 19.6 Å². The van der Waals surface area contributed by atoms with Crippen molar-refractivity contribution in [2.75, 3.05) is 13.7 Å². The number of ether oxygens (including phenoxy) is 2. The molecule has 0 spiro atoms. The van der Waals surface area contributed by atoms with Gasteiger partial charge in [0.15, 0.2) is 18.3 Å². The number of rotatable bonds is 7. The number of methoxy groups -OCH3 is 1. The molecule has 0 fully saturated rings. The molecule has 0 aliphatic carbocycles. The van der Waals surface area contributed by atoms with E-state index in [2.05, 4.69) is 20.0 Å². The lowest BCUT2D eigenvalue weighted by Gasteiger charge is -2.12. The standard InChI is InChI=1S/C17H17N3O6S/c1-9-18-11-5-10(3-4-14(11)27-9)25-8-15-19-13(7-26-15)16(22)20-12(6-21)17(23)24-2/h3-5,7,12,21H,6,8H2,1-2H3,(H,20,22)/t12-/m0/s1. The zero-order chi connectivity index (χ0) is 19.4. The molecule has 0 bridgehead atoms. The van der Waals surface area contributed by atoms with Gasteiger partial charge in [-0.15, -0.1) is 11.3 Å². The number of carbonyl (C=O) groups is 2. The fourth-order valence-corrected chi connectivity index (χ4v) is 3.10. The number of fused-ring (bicyclic) bond motifs is 1. The first-order valence-corrected chi connectivity index (χ1v) is 8.75. The Labute approximate surface area is 157 Å². The number of thiazole rings is 1. The van der Waals surface area contributed by atoms with E-state index in [4.69, 9.17) is 14.3 Å². The molecular formula is C17H17N3O6S. The van der Waals surface area contributed by atoms with Crippen molar-refractivity contribution in [3.05, 3.63) is 41.1 Å². The SMILES string of the molecule is COC(=O)[C@H](CO)NC(=O)c1coc(COc2ccc3sc(C)nc3c2)n1. The minimum Gasteiger partial charge on any atom is -0.484 e. The van der Waals surface area contributed by atoms with E-state index >= 15 is 0 Å². The predicted molar refractivity (Wildman–Crippen MR) is 95.5 cm³/mol. The molecule has 9 nitrogen and oxygen atoms in total. The van der Waals surface area contributed by atoms with Crippen molar-refractivity contribution >= 4 is 33.4 Å². The number of oxazole rings is 1. The Balaban J connectivity index is 1.61. The van der Waals surface area contributed by atoms with Crippen LogP contribution in [0.5, 0.6) is 5.75 Å². The van der Waals surface area contributed by atoms with E-state index < -0.39 is 24.5 Å². The van der Waals surface area contributed by atoms with Crippen molar-refractivity contribution in [3.8, 4) is 5.75 Å². The maximum absolute atomic E-state index is 12.1. The smallest absolute Gasteiger partial charge is 0.330 e. The Morgan fingerprint density at radius 3 is 2.93 bits per heavy atom. The average molecular weight is 391 g/mol. The van der Waals surface area contributed by atoms with Gasteiger partial charge in [-0.05, 0) is 19.1 Å². The molecule has 142 valence electrons. The Bertz CT molecular complexity index is 967. The molecule has 0 unspecified atom stereocenters.